The second kappa shape index (κ2) is 6.12. The second-order valence-electron chi connectivity index (χ2n) is 5.45. The Balaban J connectivity index is 2.09. The highest BCUT2D eigenvalue weighted by atomic mass is 16.5. The molecule has 5 nitrogen and oxygen atoms in total. The first-order valence-corrected chi connectivity index (χ1v) is 7.37. The van der Waals surface area contributed by atoms with Gasteiger partial charge in [-0.1, -0.05) is 12.1 Å². The molecule has 0 unspecified atom stereocenters. The van der Waals surface area contributed by atoms with Crippen LogP contribution in [0.4, 0.5) is 0 Å². The van der Waals surface area contributed by atoms with Gasteiger partial charge >= 0.3 is 5.97 Å². The van der Waals surface area contributed by atoms with Crippen molar-refractivity contribution >= 4 is 17.0 Å². The van der Waals surface area contributed by atoms with E-state index < -0.39 is 5.97 Å². The molecule has 0 radical (unpaired) electrons. The standard InChI is InChI=1S/C18H18N2O3/c1-12-16(10-17(21)22)15-7-4-8-19-18(15)20(12)11-13-5-3-6-14(9-13)23-2/h3-9H,10-11H2,1-2H3,(H,21,22). The average molecular weight is 310 g/mol. The van der Waals surface area contributed by atoms with Crippen LogP contribution in [0.3, 0.4) is 0 Å². The molecule has 0 amide bonds. The molecule has 2 heterocycles. The summed E-state index contributed by atoms with van der Waals surface area (Å²) in [7, 11) is 1.64. The first-order valence-electron chi connectivity index (χ1n) is 7.37. The van der Waals surface area contributed by atoms with Gasteiger partial charge in [0.2, 0.25) is 0 Å². The van der Waals surface area contributed by atoms with Crippen LogP contribution in [0.25, 0.3) is 11.0 Å². The molecule has 0 saturated heterocycles. The number of fused-ring (bicyclic) bond motifs is 1. The molecule has 0 atom stereocenters. The summed E-state index contributed by atoms with van der Waals surface area (Å²) in [4.78, 5) is 15.6. The predicted octanol–water partition coefficient (Wildman–Crippen LogP) is 3.03. The Morgan fingerprint density at radius 2 is 2.13 bits per heavy atom. The van der Waals surface area contributed by atoms with Crippen LogP contribution in [0.2, 0.25) is 0 Å². The minimum atomic E-state index is -0.836. The molecule has 118 valence electrons. The van der Waals surface area contributed by atoms with Gasteiger partial charge in [0.15, 0.2) is 0 Å². The minimum absolute atomic E-state index is 0.000856. The van der Waals surface area contributed by atoms with Crippen LogP contribution in [-0.4, -0.2) is 27.7 Å². The quantitative estimate of drug-likeness (QED) is 0.786. The average Bonchev–Trinajstić information content (AvgIpc) is 2.81. The summed E-state index contributed by atoms with van der Waals surface area (Å²) in [6.07, 6.45) is 1.73. The normalized spacial score (nSPS) is 10.9. The van der Waals surface area contributed by atoms with E-state index in [1.807, 2.05) is 43.3 Å². The third kappa shape index (κ3) is 2.90. The Morgan fingerprint density at radius 3 is 2.87 bits per heavy atom. The third-order valence-electron chi connectivity index (χ3n) is 4.01. The molecule has 0 aliphatic heterocycles. The maximum absolute atomic E-state index is 11.2. The fraction of sp³-hybridized carbons (Fsp3) is 0.222. The van der Waals surface area contributed by atoms with Crippen LogP contribution < -0.4 is 4.74 Å². The molecule has 0 aliphatic carbocycles. The smallest absolute Gasteiger partial charge is 0.307 e. The van der Waals surface area contributed by atoms with Gasteiger partial charge in [0.1, 0.15) is 11.4 Å². The number of aromatic nitrogens is 2. The van der Waals surface area contributed by atoms with Gasteiger partial charge < -0.3 is 14.4 Å². The van der Waals surface area contributed by atoms with E-state index in [0.717, 1.165) is 33.6 Å². The zero-order valence-corrected chi connectivity index (χ0v) is 13.1. The molecular formula is C18H18N2O3. The summed E-state index contributed by atoms with van der Waals surface area (Å²) in [6, 6.07) is 11.6. The fourth-order valence-corrected chi connectivity index (χ4v) is 2.89. The number of hydrogen-bond acceptors (Lipinski definition) is 3. The summed E-state index contributed by atoms with van der Waals surface area (Å²) in [5.41, 5.74) is 3.65. The lowest BCUT2D eigenvalue weighted by molar-refractivity contribution is -0.136. The SMILES string of the molecule is COc1cccc(Cn2c(C)c(CC(=O)O)c3cccnc32)c1. The van der Waals surface area contributed by atoms with Crippen molar-refractivity contribution in [2.45, 2.75) is 19.9 Å². The number of methoxy groups -OCH3 is 1. The molecule has 3 aromatic rings. The van der Waals surface area contributed by atoms with E-state index in [1.165, 1.54) is 0 Å². The lowest BCUT2D eigenvalue weighted by Gasteiger charge is -2.09. The number of aliphatic carboxylic acids is 1. The molecule has 3 rings (SSSR count). The Labute approximate surface area is 134 Å². The molecule has 0 fully saturated rings. The van der Waals surface area contributed by atoms with Crippen molar-refractivity contribution < 1.29 is 14.6 Å². The zero-order valence-electron chi connectivity index (χ0n) is 13.1. The van der Waals surface area contributed by atoms with E-state index in [-0.39, 0.29) is 6.42 Å². The minimum Gasteiger partial charge on any atom is -0.497 e. The van der Waals surface area contributed by atoms with E-state index in [0.29, 0.717) is 6.54 Å². The predicted molar refractivity (Wildman–Crippen MR) is 87.9 cm³/mol. The van der Waals surface area contributed by atoms with E-state index in [2.05, 4.69) is 9.55 Å². The van der Waals surface area contributed by atoms with Crippen molar-refractivity contribution in [3.05, 3.63) is 59.4 Å². The summed E-state index contributed by atoms with van der Waals surface area (Å²) < 4.78 is 7.32. The fourth-order valence-electron chi connectivity index (χ4n) is 2.89. The first kappa shape index (κ1) is 15.1. The van der Waals surface area contributed by atoms with Crippen LogP contribution in [0.1, 0.15) is 16.8 Å². The maximum atomic E-state index is 11.2. The molecule has 1 aromatic carbocycles. The largest absolute Gasteiger partial charge is 0.497 e. The number of nitrogens with zero attached hydrogens (tertiary/aromatic N) is 2. The van der Waals surface area contributed by atoms with Crippen molar-refractivity contribution in [2.24, 2.45) is 0 Å². The molecule has 0 aliphatic rings. The number of ether oxygens (including phenoxy) is 1. The third-order valence-corrected chi connectivity index (χ3v) is 4.01. The van der Waals surface area contributed by atoms with Crippen molar-refractivity contribution in [3.8, 4) is 5.75 Å². The Bertz CT molecular complexity index is 868. The summed E-state index contributed by atoms with van der Waals surface area (Å²) in [5, 5.41) is 10.1. The zero-order chi connectivity index (χ0) is 16.4. The number of carboxylic acid groups (broad SMARTS) is 1. The van der Waals surface area contributed by atoms with Gasteiger partial charge in [-0.15, -0.1) is 0 Å². The van der Waals surface area contributed by atoms with Gasteiger partial charge in [-0.2, -0.15) is 0 Å². The molecule has 23 heavy (non-hydrogen) atoms. The molecule has 5 heteroatoms. The summed E-state index contributed by atoms with van der Waals surface area (Å²) in [5.74, 6) is -0.0345. The van der Waals surface area contributed by atoms with E-state index in [4.69, 9.17) is 4.74 Å². The van der Waals surface area contributed by atoms with Crippen molar-refractivity contribution in [1.29, 1.82) is 0 Å². The molecule has 1 N–H and O–H groups in total. The topological polar surface area (TPSA) is 64.3 Å². The molecule has 2 aromatic heterocycles. The van der Waals surface area contributed by atoms with Gasteiger partial charge in [-0.25, -0.2) is 4.98 Å². The van der Waals surface area contributed by atoms with Crippen molar-refractivity contribution in [1.82, 2.24) is 9.55 Å². The van der Waals surface area contributed by atoms with E-state index >= 15 is 0 Å². The number of carboxylic acids is 1. The molecule has 0 spiro atoms. The summed E-state index contributed by atoms with van der Waals surface area (Å²) in [6.45, 7) is 2.57. The van der Waals surface area contributed by atoms with Crippen LogP contribution in [0.5, 0.6) is 5.75 Å². The maximum Gasteiger partial charge on any atom is 0.307 e. The van der Waals surface area contributed by atoms with Crippen LogP contribution >= 0.6 is 0 Å². The van der Waals surface area contributed by atoms with Gasteiger partial charge in [0.25, 0.3) is 0 Å². The van der Waals surface area contributed by atoms with E-state index in [9.17, 15) is 9.90 Å². The van der Waals surface area contributed by atoms with Gasteiger partial charge in [0, 0.05) is 23.8 Å². The number of rotatable bonds is 5. The van der Waals surface area contributed by atoms with Crippen LogP contribution in [0, 0.1) is 6.92 Å². The van der Waals surface area contributed by atoms with Crippen LogP contribution in [-0.2, 0) is 17.8 Å². The molecule has 0 bridgehead atoms. The summed E-state index contributed by atoms with van der Waals surface area (Å²) >= 11 is 0. The van der Waals surface area contributed by atoms with Crippen molar-refractivity contribution in [3.63, 3.8) is 0 Å². The highest BCUT2D eigenvalue weighted by molar-refractivity contribution is 5.86. The monoisotopic (exact) mass is 310 g/mol. The highest BCUT2D eigenvalue weighted by Crippen LogP contribution is 2.26. The Hall–Kier alpha value is -2.82. The van der Waals surface area contributed by atoms with Gasteiger partial charge in [0.05, 0.1) is 13.5 Å². The molecule has 0 saturated carbocycles. The van der Waals surface area contributed by atoms with Crippen molar-refractivity contribution in [2.75, 3.05) is 7.11 Å². The Morgan fingerprint density at radius 1 is 1.30 bits per heavy atom. The number of benzene rings is 1. The molecular weight excluding hydrogens is 292 g/mol. The van der Waals surface area contributed by atoms with Crippen LogP contribution in [0.15, 0.2) is 42.6 Å². The van der Waals surface area contributed by atoms with Gasteiger partial charge in [-0.3, -0.25) is 4.79 Å². The first-order chi connectivity index (χ1) is 11.1. The second-order valence-corrected chi connectivity index (χ2v) is 5.45. The number of pyridine rings is 1. The lowest BCUT2D eigenvalue weighted by atomic mass is 10.1. The lowest BCUT2D eigenvalue weighted by Crippen LogP contribution is -2.05. The number of hydrogen-bond donors (Lipinski definition) is 1. The number of carbonyl (C=O) groups is 1. The van der Waals surface area contributed by atoms with Gasteiger partial charge in [-0.05, 0) is 42.3 Å². The highest BCUT2D eigenvalue weighted by Gasteiger charge is 2.17. The Kier molecular flexibility index (Phi) is 4.02. The van der Waals surface area contributed by atoms with E-state index in [1.54, 1.807) is 13.3 Å².